The highest BCUT2D eigenvalue weighted by molar-refractivity contribution is 5.80. The number of carboxylic acid groups (broad SMARTS) is 1. The Morgan fingerprint density at radius 2 is 1.68 bits per heavy atom. The van der Waals surface area contributed by atoms with Gasteiger partial charge in [-0.05, 0) is 47.9 Å². The van der Waals surface area contributed by atoms with Crippen LogP contribution in [-0.4, -0.2) is 41.8 Å². The molecule has 3 N–H and O–H groups in total. The van der Waals surface area contributed by atoms with Gasteiger partial charge in [-0.3, -0.25) is 9.59 Å². The van der Waals surface area contributed by atoms with Gasteiger partial charge in [0.05, 0.1) is 5.92 Å². The fraction of sp³-hybridized carbons (Fsp3) is 0.444. The molecule has 2 amide bonds. The van der Waals surface area contributed by atoms with Crippen molar-refractivity contribution in [2.75, 3.05) is 6.61 Å². The molecule has 1 fully saturated rings. The van der Waals surface area contributed by atoms with E-state index in [-0.39, 0.29) is 36.9 Å². The molecule has 2 aromatic carbocycles. The summed E-state index contributed by atoms with van der Waals surface area (Å²) >= 11 is 0. The van der Waals surface area contributed by atoms with Crippen molar-refractivity contribution in [3.63, 3.8) is 0 Å². The molecule has 180 valence electrons. The van der Waals surface area contributed by atoms with Gasteiger partial charge < -0.3 is 20.5 Å². The zero-order valence-electron chi connectivity index (χ0n) is 19.5. The van der Waals surface area contributed by atoms with Gasteiger partial charge in [0.1, 0.15) is 6.61 Å². The molecule has 2 aromatic rings. The summed E-state index contributed by atoms with van der Waals surface area (Å²) in [5, 5.41) is 14.9. The summed E-state index contributed by atoms with van der Waals surface area (Å²) in [6.07, 6.45) is 2.79. The van der Waals surface area contributed by atoms with Gasteiger partial charge in [0, 0.05) is 24.4 Å². The number of carbonyl (C=O) groups excluding carboxylic acids is 2. The predicted molar refractivity (Wildman–Crippen MR) is 128 cm³/mol. The lowest BCUT2D eigenvalue weighted by Crippen LogP contribution is -2.42. The summed E-state index contributed by atoms with van der Waals surface area (Å²) in [5.41, 5.74) is 4.64. The van der Waals surface area contributed by atoms with Crippen LogP contribution in [0.4, 0.5) is 4.79 Å². The quantitative estimate of drug-likeness (QED) is 0.508. The van der Waals surface area contributed by atoms with E-state index in [1.54, 1.807) is 0 Å². The number of benzene rings is 2. The molecule has 0 saturated heterocycles. The number of hydrogen-bond acceptors (Lipinski definition) is 4. The molecule has 0 spiro atoms. The van der Waals surface area contributed by atoms with E-state index in [1.165, 1.54) is 11.1 Å². The molecule has 7 heteroatoms. The zero-order chi connectivity index (χ0) is 24.1. The molecule has 0 radical (unpaired) electrons. The van der Waals surface area contributed by atoms with Crippen molar-refractivity contribution in [3.05, 3.63) is 59.7 Å². The maximum Gasteiger partial charge on any atom is 0.407 e. The number of alkyl carbamates (subject to hydrolysis) is 1. The first-order valence-electron chi connectivity index (χ1n) is 12.1. The van der Waals surface area contributed by atoms with E-state index in [0.29, 0.717) is 25.7 Å². The topological polar surface area (TPSA) is 105 Å². The van der Waals surface area contributed by atoms with E-state index >= 15 is 0 Å². The molecule has 2 aliphatic carbocycles. The number of hydrogen-bond donors (Lipinski definition) is 3. The van der Waals surface area contributed by atoms with Crippen LogP contribution in [0.3, 0.4) is 0 Å². The monoisotopic (exact) mass is 464 g/mol. The van der Waals surface area contributed by atoms with Crippen molar-refractivity contribution in [2.45, 2.75) is 63.5 Å². The van der Waals surface area contributed by atoms with Crippen LogP contribution in [0.1, 0.15) is 62.5 Å². The second-order valence-electron chi connectivity index (χ2n) is 9.27. The number of amides is 2. The fourth-order valence-corrected chi connectivity index (χ4v) is 5.23. The van der Waals surface area contributed by atoms with Gasteiger partial charge in [-0.25, -0.2) is 4.79 Å². The van der Waals surface area contributed by atoms with E-state index in [1.807, 2.05) is 31.2 Å². The van der Waals surface area contributed by atoms with Crippen LogP contribution in [0, 0.1) is 5.92 Å². The first kappa shape index (κ1) is 23.8. The van der Waals surface area contributed by atoms with Crippen LogP contribution >= 0.6 is 0 Å². The lowest BCUT2D eigenvalue weighted by Gasteiger charge is -2.20. The minimum atomic E-state index is -0.808. The lowest BCUT2D eigenvalue weighted by molar-refractivity contribution is -0.141. The lowest BCUT2D eigenvalue weighted by atomic mass is 9.98. The van der Waals surface area contributed by atoms with Crippen LogP contribution in [0.5, 0.6) is 0 Å². The highest BCUT2D eigenvalue weighted by Crippen LogP contribution is 2.44. The molecule has 4 rings (SSSR count). The Bertz CT molecular complexity index is 1010. The molecule has 7 nitrogen and oxygen atoms in total. The standard InChI is InChI=1S/C27H32N2O5/c1-2-7-18(15-25(30)28-19-13-12-17(14-19)26(31)32)29-27(33)34-16-24-22-10-5-3-8-20(22)21-9-4-6-11-23(21)24/h3-6,8-11,17-19,24H,2,7,12-16H2,1H3,(H,28,30)(H,29,33)(H,31,32)/t17-,18?,19+/m1/s1. The molecular weight excluding hydrogens is 432 g/mol. The van der Waals surface area contributed by atoms with E-state index in [9.17, 15) is 14.4 Å². The van der Waals surface area contributed by atoms with E-state index < -0.39 is 18.0 Å². The summed E-state index contributed by atoms with van der Waals surface area (Å²) in [7, 11) is 0. The first-order chi connectivity index (χ1) is 16.5. The van der Waals surface area contributed by atoms with Crippen molar-refractivity contribution >= 4 is 18.0 Å². The molecule has 0 bridgehead atoms. The molecule has 0 aliphatic heterocycles. The van der Waals surface area contributed by atoms with Gasteiger partial charge >= 0.3 is 12.1 Å². The summed E-state index contributed by atoms with van der Waals surface area (Å²) in [6.45, 7) is 2.22. The summed E-state index contributed by atoms with van der Waals surface area (Å²) in [6, 6.07) is 15.9. The minimum absolute atomic E-state index is 0.0179. The predicted octanol–water partition coefficient (Wildman–Crippen LogP) is 4.45. The van der Waals surface area contributed by atoms with Crippen molar-refractivity contribution in [1.82, 2.24) is 10.6 Å². The zero-order valence-corrected chi connectivity index (χ0v) is 19.5. The number of fused-ring (bicyclic) bond motifs is 3. The number of carbonyl (C=O) groups is 3. The third kappa shape index (κ3) is 5.41. The molecule has 34 heavy (non-hydrogen) atoms. The van der Waals surface area contributed by atoms with Crippen molar-refractivity contribution in [3.8, 4) is 11.1 Å². The third-order valence-corrected chi connectivity index (χ3v) is 6.88. The number of ether oxygens (including phenoxy) is 1. The molecule has 0 aromatic heterocycles. The largest absolute Gasteiger partial charge is 0.481 e. The second kappa shape index (κ2) is 10.7. The minimum Gasteiger partial charge on any atom is -0.481 e. The normalized spacial score (nSPS) is 19.7. The molecule has 3 atom stereocenters. The Balaban J connectivity index is 1.30. The number of carboxylic acids is 1. The van der Waals surface area contributed by atoms with Gasteiger partial charge in [-0.15, -0.1) is 0 Å². The first-order valence-corrected chi connectivity index (χ1v) is 12.1. The maximum absolute atomic E-state index is 12.6. The maximum atomic E-state index is 12.6. The van der Waals surface area contributed by atoms with Crippen LogP contribution in [0.15, 0.2) is 48.5 Å². The van der Waals surface area contributed by atoms with Crippen LogP contribution < -0.4 is 10.6 Å². The second-order valence-corrected chi connectivity index (χ2v) is 9.27. The van der Waals surface area contributed by atoms with Crippen molar-refractivity contribution in [1.29, 1.82) is 0 Å². The average molecular weight is 465 g/mol. The molecular formula is C27H32N2O5. The molecule has 2 aliphatic rings. The van der Waals surface area contributed by atoms with Crippen LogP contribution in [0.2, 0.25) is 0 Å². The van der Waals surface area contributed by atoms with Gasteiger partial charge in [0.25, 0.3) is 0 Å². The van der Waals surface area contributed by atoms with Crippen LogP contribution in [0.25, 0.3) is 11.1 Å². The summed E-state index contributed by atoms with van der Waals surface area (Å²) in [4.78, 5) is 36.3. The smallest absolute Gasteiger partial charge is 0.407 e. The Labute approximate surface area is 199 Å². The van der Waals surface area contributed by atoms with Crippen molar-refractivity contribution in [2.24, 2.45) is 5.92 Å². The summed E-state index contributed by atoms with van der Waals surface area (Å²) < 4.78 is 5.62. The molecule has 1 saturated carbocycles. The van der Waals surface area contributed by atoms with Gasteiger partial charge in [-0.2, -0.15) is 0 Å². The van der Waals surface area contributed by atoms with Gasteiger partial charge in [0.15, 0.2) is 0 Å². The molecule has 0 heterocycles. The third-order valence-electron chi connectivity index (χ3n) is 6.88. The number of aliphatic carboxylic acids is 1. The Morgan fingerprint density at radius 1 is 1.03 bits per heavy atom. The Hall–Kier alpha value is -3.35. The number of rotatable bonds is 9. The van der Waals surface area contributed by atoms with Gasteiger partial charge in [0.2, 0.25) is 5.91 Å². The molecule has 1 unspecified atom stereocenters. The van der Waals surface area contributed by atoms with Crippen LogP contribution in [-0.2, 0) is 14.3 Å². The number of nitrogens with one attached hydrogen (secondary N) is 2. The van der Waals surface area contributed by atoms with Crippen molar-refractivity contribution < 1.29 is 24.2 Å². The average Bonchev–Trinajstić information content (AvgIpc) is 3.41. The summed E-state index contributed by atoms with van der Waals surface area (Å²) in [5.74, 6) is -1.39. The highest BCUT2D eigenvalue weighted by Gasteiger charge is 2.31. The Kier molecular flexibility index (Phi) is 7.50. The van der Waals surface area contributed by atoms with Gasteiger partial charge in [-0.1, -0.05) is 61.9 Å². The highest BCUT2D eigenvalue weighted by atomic mass is 16.5. The fourth-order valence-electron chi connectivity index (χ4n) is 5.23. The van der Waals surface area contributed by atoms with E-state index in [0.717, 1.165) is 17.5 Å². The van der Waals surface area contributed by atoms with E-state index in [4.69, 9.17) is 9.84 Å². The SMILES string of the molecule is CCCC(CC(=O)N[C@H]1CC[C@@H](C(=O)O)C1)NC(=O)OCC1c2ccccc2-c2ccccc21. The van der Waals surface area contributed by atoms with E-state index in [2.05, 4.69) is 34.9 Å². The Morgan fingerprint density at radius 3 is 2.26 bits per heavy atom.